The van der Waals surface area contributed by atoms with Crippen molar-refractivity contribution < 1.29 is 19.1 Å². The van der Waals surface area contributed by atoms with E-state index in [-0.39, 0.29) is 25.0 Å². The first-order valence-electron chi connectivity index (χ1n) is 8.21. The highest BCUT2D eigenvalue weighted by molar-refractivity contribution is 6.31. The lowest BCUT2D eigenvalue weighted by Crippen LogP contribution is -2.31. The second kappa shape index (κ2) is 8.10. The Kier molecular flexibility index (Phi) is 5.63. The lowest BCUT2D eigenvalue weighted by atomic mass is 10.2. The summed E-state index contributed by atoms with van der Waals surface area (Å²) in [6, 6.07) is 12.6. The van der Waals surface area contributed by atoms with Crippen LogP contribution < -0.4 is 14.8 Å². The van der Waals surface area contributed by atoms with E-state index in [1.807, 2.05) is 18.2 Å². The normalized spacial score (nSPS) is 11.9. The highest BCUT2D eigenvalue weighted by atomic mass is 35.5. The Labute approximate surface area is 156 Å². The van der Waals surface area contributed by atoms with Crippen molar-refractivity contribution in [3.8, 4) is 11.5 Å². The molecule has 2 aromatic carbocycles. The summed E-state index contributed by atoms with van der Waals surface area (Å²) >= 11 is 6.15. The van der Waals surface area contributed by atoms with Gasteiger partial charge in [-0.05, 0) is 23.8 Å². The van der Waals surface area contributed by atoms with Crippen molar-refractivity contribution in [3.63, 3.8) is 0 Å². The van der Waals surface area contributed by atoms with Crippen LogP contribution in [-0.4, -0.2) is 30.1 Å². The fourth-order valence-electron chi connectivity index (χ4n) is 2.61. The zero-order chi connectivity index (χ0) is 18.5. The van der Waals surface area contributed by atoms with Gasteiger partial charge in [-0.3, -0.25) is 9.59 Å². The van der Waals surface area contributed by atoms with Crippen LogP contribution in [0.5, 0.6) is 11.5 Å². The van der Waals surface area contributed by atoms with E-state index in [0.29, 0.717) is 35.3 Å². The van der Waals surface area contributed by atoms with Crippen molar-refractivity contribution in [2.75, 3.05) is 18.7 Å². The quantitative estimate of drug-likeness (QED) is 0.841. The number of benzene rings is 2. The van der Waals surface area contributed by atoms with Crippen LogP contribution in [0.15, 0.2) is 42.5 Å². The number of nitrogens with zero attached hydrogens (tertiary/aromatic N) is 1. The molecule has 0 unspecified atom stereocenters. The molecule has 1 heterocycles. The molecule has 1 N–H and O–H groups in total. The molecule has 0 spiro atoms. The zero-order valence-electron chi connectivity index (χ0n) is 14.3. The monoisotopic (exact) mass is 374 g/mol. The molecule has 0 saturated heterocycles. The first-order chi connectivity index (χ1) is 12.5. The molecule has 7 heteroatoms. The predicted octanol–water partition coefficient (Wildman–Crippen LogP) is 3.45. The molecule has 136 valence electrons. The largest absolute Gasteiger partial charge is 0.454 e. The maximum Gasteiger partial charge on any atom is 0.231 e. The van der Waals surface area contributed by atoms with Crippen LogP contribution in [0.2, 0.25) is 5.02 Å². The first kappa shape index (κ1) is 18.1. The summed E-state index contributed by atoms with van der Waals surface area (Å²) in [5.41, 5.74) is 1.47. The van der Waals surface area contributed by atoms with Crippen molar-refractivity contribution in [1.82, 2.24) is 4.90 Å². The molecule has 2 amide bonds. The Bertz CT molecular complexity index is 825. The average Bonchev–Trinajstić information content (AvgIpc) is 3.07. The van der Waals surface area contributed by atoms with Gasteiger partial charge < -0.3 is 19.7 Å². The summed E-state index contributed by atoms with van der Waals surface area (Å²) in [7, 11) is 0. The maximum atomic E-state index is 12.2. The predicted molar refractivity (Wildman–Crippen MR) is 98.4 cm³/mol. The van der Waals surface area contributed by atoms with E-state index in [0.717, 1.165) is 5.56 Å². The minimum absolute atomic E-state index is 0.110. The number of fused-ring (bicyclic) bond motifs is 1. The number of nitrogens with one attached hydrogen (secondary N) is 1. The number of rotatable bonds is 6. The van der Waals surface area contributed by atoms with Gasteiger partial charge in [0.1, 0.15) is 0 Å². The van der Waals surface area contributed by atoms with Crippen LogP contribution in [0.3, 0.4) is 0 Å². The molecule has 1 aliphatic rings. The Morgan fingerprint density at radius 2 is 1.92 bits per heavy atom. The van der Waals surface area contributed by atoms with Gasteiger partial charge in [-0.2, -0.15) is 0 Å². The number of carbonyl (C=O) groups excluding carboxylic acids is 2. The summed E-state index contributed by atoms with van der Waals surface area (Å²) in [5.74, 6) is 0.965. The Balaban J connectivity index is 1.56. The van der Waals surface area contributed by atoms with Crippen LogP contribution in [-0.2, 0) is 16.1 Å². The second-order valence-corrected chi connectivity index (χ2v) is 6.31. The van der Waals surface area contributed by atoms with Gasteiger partial charge in [0.05, 0.1) is 0 Å². The summed E-state index contributed by atoms with van der Waals surface area (Å²) in [6.07, 6.45) is 0.179. The van der Waals surface area contributed by atoms with Crippen molar-refractivity contribution in [2.24, 2.45) is 0 Å². The topological polar surface area (TPSA) is 67.9 Å². The van der Waals surface area contributed by atoms with Gasteiger partial charge in [0, 0.05) is 43.2 Å². The standard InChI is InChI=1S/C19H19ClN2O4/c1-13(23)22(11-14-4-2-3-5-16(14)20)9-8-19(24)21-15-6-7-17-18(10-15)26-12-25-17/h2-7,10H,8-9,11-12H2,1H3,(H,21,24). The number of amides is 2. The molecule has 3 rings (SSSR count). The van der Waals surface area contributed by atoms with E-state index >= 15 is 0 Å². The fraction of sp³-hybridized carbons (Fsp3) is 0.263. The number of hydrogen-bond donors (Lipinski definition) is 1. The van der Waals surface area contributed by atoms with Crippen LogP contribution in [0.25, 0.3) is 0 Å². The SMILES string of the molecule is CC(=O)N(CCC(=O)Nc1ccc2c(c1)OCO2)Cc1ccccc1Cl. The molecule has 0 aromatic heterocycles. The number of anilines is 1. The lowest BCUT2D eigenvalue weighted by molar-refractivity contribution is -0.129. The van der Waals surface area contributed by atoms with Gasteiger partial charge >= 0.3 is 0 Å². The molecule has 0 saturated carbocycles. The summed E-state index contributed by atoms with van der Waals surface area (Å²) in [4.78, 5) is 25.7. The van der Waals surface area contributed by atoms with Crippen LogP contribution in [0.4, 0.5) is 5.69 Å². The molecular formula is C19H19ClN2O4. The average molecular weight is 375 g/mol. The van der Waals surface area contributed by atoms with Crippen molar-refractivity contribution in [2.45, 2.75) is 19.9 Å². The third-order valence-corrected chi connectivity index (χ3v) is 4.40. The molecule has 0 atom stereocenters. The Hall–Kier alpha value is -2.73. The molecule has 0 bridgehead atoms. The number of carbonyl (C=O) groups is 2. The van der Waals surface area contributed by atoms with Gasteiger partial charge in [0.15, 0.2) is 11.5 Å². The molecule has 26 heavy (non-hydrogen) atoms. The van der Waals surface area contributed by atoms with Gasteiger partial charge in [-0.15, -0.1) is 0 Å². The highest BCUT2D eigenvalue weighted by Gasteiger charge is 2.16. The van der Waals surface area contributed by atoms with Gasteiger partial charge in [0.2, 0.25) is 18.6 Å². The van der Waals surface area contributed by atoms with Gasteiger partial charge in [-0.25, -0.2) is 0 Å². The molecular weight excluding hydrogens is 356 g/mol. The van der Waals surface area contributed by atoms with E-state index in [1.165, 1.54) is 6.92 Å². The number of hydrogen-bond acceptors (Lipinski definition) is 4. The molecule has 0 fully saturated rings. The third-order valence-electron chi connectivity index (χ3n) is 4.03. The van der Waals surface area contributed by atoms with E-state index in [1.54, 1.807) is 29.2 Å². The fourth-order valence-corrected chi connectivity index (χ4v) is 2.81. The van der Waals surface area contributed by atoms with Crippen molar-refractivity contribution in [3.05, 3.63) is 53.1 Å². The lowest BCUT2D eigenvalue weighted by Gasteiger charge is -2.21. The molecule has 1 aliphatic heterocycles. The van der Waals surface area contributed by atoms with Gasteiger partial charge in [-0.1, -0.05) is 29.8 Å². The second-order valence-electron chi connectivity index (χ2n) is 5.90. The maximum absolute atomic E-state index is 12.2. The minimum Gasteiger partial charge on any atom is -0.454 e. The summed E-state index contributed by atoms with van der Waals surface area (Å²) in [6.45, 7) is 2.33. The van der Waals surface area contributed by atoms with E-state index in [9.17, 15) is 9.59 Å². The summed E-state index contributed by atoms with van der Waals surface area (Å²) < 4.78 is 10.5. The third kappa shape index (κ3) is 4.46. The smallest absolute Gasteiger partial charge is 0.231 e. The summed E-state index contributed by atoms with van der Waals surface area (Å²) in [5, 5.41) is 3.40. The zero-order valence-corrected chi connectivity index (χ0v) is 15.1. The minimum atomic E-state index is -0.186. The highest BCUT2D eigenvalue weighted by Crippen LogP contribution is 2.34. The molecule has 0 aliphatic carbocycles. The van der Waals surface area contributed by atoms with Crippen molar-refractivity contribution >= 4 is 29.1 Å². The first-order valence-corrected chi connectivity index (χ1v) is 8.59. The van der Waals surface area contributed by atoms with Crippen molar-refractivity contribution in [1.29, 1.82) is 0 Å². The van der Waals surface area contributed by atoms with Crippen LogP contribution in [0.1, 0.15) is 18.9 Å². The molecule has 2 aromatic rings. The van der Waals surface area contributed by atoms with E-state index < -0.39 is 0 Å². The van der Waals surface area contributed by atoms with Crippen LogP contribution >= 0.6 is 11.6 Å². The van der Waals surface area contributed by atoms with E-state index in [2.05, 4.69) is 5.32 Å². The Morgan fingerprint density at radius 1 is 1.15 bits per heavy atom. The number of ether oxygens (including phenoxy) is 2. The number of halogens is 1. The van der Waals surface area contributed by atoms with Gasteiger partial charge in [0.25, 0.3) is 0 Å². The Morgan fingerprint density at radius 3 is 2.69 bits per heavy atom. The van der Waals surface area contributed by atoms with E-state index in [4.69, 9.17) is 21.1 Å². The molecule has 6 nitrogen and oxygen atoms in total. The molecule has 0 radical (unpaired) electrons. The van der Waals surface area contributed by atoms with Crippen LogP contribution in [0, 0.1) is 0 Å².